The van der Waals surface area contributed by atoms with Crippen molar-refractivity contribution in [2.75, 3.05) is 19.7 Å². The van der Waals surface area contributed by atoms with Crippen molar-refractivity contribution in [2.24, 2.45) is 0 Å². The molecule has 2 aliphatic heterocycles. The lowest BCUT2D eigenvalue weighted by molar-refractivity contribution is -0.130. The fraction of sp³-hybridized carbons (Fsp3) is 0.611. The number of hydrogen-bond donors (Lipinski definition) is 1. The van der Waals surface area contributed by atoms with Crippen molar-refractivity contribution in [3.63, 3.8) is 0 Å². The van der Waals surface area contributed by atoms with Crippen molar-refractivity contribution in [3.05, 3.63) is 35.4 Å². The van der Waals surface area contributed by atoms with E-state index in [4.69, 9.17) is 4.74 Å². The summed E-state index contributed by atoms with van der Waals surface area (Å²) < 4.78 is 5.39. The summed E-state index contributed by atoms with van der Waals surface area (Å²) in [5, 5.41) is 2.97. The van der Waals surface area contributed by atoms with Gasteiger partial charge in [-0.3, -0.25) is 9.69 Å². The molecule has 1 N–H and O–H groups in total. The predicted molar refractivity (Wildman–Crippen MR) is 86.4 cm³/mol. The number of likely N-dealkylation sites (tertiary alicyclic amines) is 1. The highest BCUT2D eigenvalue weighted by Crippen LogP contribution is 2.14. The minimum Gasteiger partial charge on any atom is -0.368 e. The van der Waals surface area contributed by atoms with E-state index in [2.05, 4.69) is 34.5 Å². The van der Waals surface area contributed by atoms with Gasteiger partial charge in [0, 0.05) is 19.7 Å². The van der Waals surface area contributed by atoms with E-state index in [-0.39, 0.29) is 12.0 Å². The van der Waals surface area contributed by atoms with Gasteiger partial charge in [0.15, 0.2) is 0 Å². The molecule has 3 rings (SSSR count). The van der Waals surface area contributed by atoms with E-state index in [1.165, 1.54) is 37.9 Å². The summed E-state index contributed by atoms with van der Waals surface area (Å²) in [7, 11) is 0. The number of carbonyl (C=O) groups excluding carboxylic acids is 1. The molecule has 4 nitrogen and oxygen atoms in total. The maximum atomic E-state index is 11.9. The number of amides is 1. The van der Waals surface area contributed by atoms with Crippen LogP contribution < -0.4 is 5.32 Å². The number of nitrogens with one attached hydrogen (secondary N) is 1. The normalized spacial score (nSPS) is 22.6. The van der Waals surface area contributed by atoms with Crippen LogP contribution in [0.15, 0.2) is 24.3 Å². The highest BCUT2D eigenvalue weighted by molar-refractivity contribution is 5.80. The van der Waals surface area contributed by atoms with Crippen LogP contribution in [-0.2, 0) is 22.6 Å². The minimum atomic E-state index is -0.238. The Balaban J connectivity index is 1.45. The third-order valence-corrected chi connectivity index (χ3v) is 4.57. The Kier molecular flexibility index (Phi) is 5.46. The van der Waals surface area contributed by atoms with Crippen LogP contribution in [0.2, 0.25) is 0 Å². The van der Waals surface area contributed by atoms with Gasteiger partial charge in [0.2, 0.25) is 5.91 Å². The maximum Gasteiger partial charge on any atom is 0.249 e. The lowest BCUT2D eigenvalue weighted by atomic mass is 10.1. The summed E-state index contributed by atoms with van der Waals surface area (Å²) in [5.41, 5.74) is 2.50. The molecule has 22 heavy (non-hydrogen) atoms. The van der Waals surface area contributed by atoms with Gasteiger partial charge >= 0.3 is 0 Å². The summed E-state index contributed by atoms with van der Waals surface area (Å²) in [6.07, 6.45) is 5.63. The number of nitrogens with zero attached hydrogens (tertiary/aromatic N) is 1. The molecular weight excluding hydrogens is 276 g/mol. The van der Waals surface area contributed by atoms with E-state index in [0.717, 1.165) is 24.9 Å². The monoisotopic (exact) mass is 302 g/mol. The van der Waals surface area contributed by atoms with Crippen molar-refractivity contribution in [3.8, 4) is 0 Å². The first-order valence-electron chi connectivity index (χ1n) is 8.51. The number of rotatable bonds is 5. The van der Waals surface area contributed by atoms with Crippen molar-refractivity contribution in [2.45, 2.75) is 51.3 Å². The molecule has 0 spiro atoms. The topological polar surface area (TPSA) is 41.6 Å². The highest BCUT2D eigenvalue weighted by atomic mass is 16.5. The van der Waals surface area contributed by atoms with Gasteiger partial charge in [0.25, 0.3) is 0 Å². The van der Waals surface area contributed by atoms with Crippen LogP contribution >= 0.6 is 0 Å². The molecule has 0 saturated carbocycles. The van der Waals surface area contributed by atoms with Gasteiger partial charge in [-0.25, -0.2) is 0 Å². The van der Waals surface area contributed by atoms with Crippen molar-refractivity contribution in [1.82, 2.24) is 10.2 Å². The Morgan fingerprint density at radius 2 is 1.82 bits per heavy atom. The van der Waals surface area contributed by atoms with Crippen LogP contribution in [0.25, 0.3) is 0 Å². The number of piperidine rings is 1. The fourth-order valence-electron chi connectivity index (χ4n) is 3.23. The Bertz CT molecular complexity index is 474. The van der Waals surface area contributed by atoms with Gasteiger partial charge < -0.3 is 10.1 Å². The van der Waals surface area contributed by atoms with Crippen molar-refractivity contribution >= 4 is 5.91 Å². The quantitative estimate of drug-likeness (QED) is 0.908. The third-order valence-electron chi connectivity index (χ3n) is 4.57. The van der Waals surface area contributed by atoms with E-state index in [9.17, 15) is 4.79 Å². The molecule has 120 valence electrons. The molecule has 2 fully saturated rings. The Labute approximate surface area is 132 Å². The minimum absolute atomic E-state index is 0.0230. The Morgan fingerprint density at radius 3 is 2.50 bits per heavy atom. The van der Waals surface area contributed by atoms with Crippen LogP contribution in [0.1, 0.15) is 43.2 Å². The summed E-state index contributed by atoms with van der Waals surface area (Å²) in [6, 6.07) is 8.61. The summed E-state index contributed by atoms with van der Waals surface area (Å²) in [6.45, 7) is 4.78. The smallest absolute Gasteiger partial charge is 0.249 e. The molecule has 1 aromatic carbocycles. The lowest BCUT2D eigenvalue weighted by Crippen LogP contribution is -2.33. The van der Waals surface area contributed by atoms with Crippen LogP contribution in [-0.4, -0.2) is 36.6 Å². The molecule has 2 heterocycles. The molecule has 0 bridgehead atoms. The van der Waals surface area contributed by atoms with Crippen molar-refractivity contribution in [1.29, 1.82) is 0 Å². The third kappa shape index (κ3) is 4.31. The SMILES string of the molecule is O=C(NCc1ccc(CN2CCCCC2)cc1)C1CCCO1. The van der Waals surface area contributed by atoms with Crippen LogP contribution in [0.4, 0.5) is 0 Å². The summed E-state index contributed by atoms with van der Waals surface area (Å²) in [5.74, 6) is 0.0230. The first-order valence-corrected chi connectivity index (χ1v) is 8.51. The molecule has 1 aromatic rings. The number of ether oxygens (including phenoxy) is 1. The zero-order valence-electron chi connectivity index (χ0n) is 13.2. The molecule has 0 aromatic heterocycles. The lowest BCUT2D eigenvalue weighted by Gasteiger charge is -2.26. The molecule has 1 unspecified atom stereocenters. The molecular formula is C18H26N2O2. The maximum absolute atomic E-state index is 11.9. The van der Waals surface area contributed by atoms with Gasteiger partial charge in [0.1, 0.15) is 6.10 Å². The molecule has 1 atom stereocenters. The average Bonchev–Trinajstić information content (AvgIpc) is 3.09. The van der Waals surface area contributed by atoms with E-state index in [1.54, 1.807) is 0 Å². The number of hydrogen-bond acceptors (Lipinski definition) is 3. The molecule has 4 heteroatoms. The molecule has 1 amide bonds. The van der Waals surface area contributed by atoms with Crippen molar-refractivity contribution < 1.29 is 9.53 Å². The second kappa shape index (κ2) is 7.75. The highest BCUT2D eigenvalue weighted by Gasteiger charge is 2.22. The Morgan fingerprint density at radius 1 is 1.09 bits per heavy atom. The molecule has 2 saturated heterocycles. The first kappa shape index (κ1) is 15.5. The van der Waals surface area contributed by atoms with Gasteiger partial charge in [-0.2, -0.15) is 0 Å². The fourth-order valence-corrected chi connectivity index (χ4v) is 3.23. The number of carbonyl (C=O) groups is 1. The van der Waals surface area contributed by atoms with E-state index < -0.39 is 0 Å². The second-order valence-electron chi connectivity index (χ2n) is 6.37. The van der Waals surface area contributed by atoms with E-state index in [0.29, 0.717) is 13.2 Å². The number of benzene rings is 1. The molecule has 0 aliphatic carbocycles. The summed E-state index contributed by atoms with van der Waals surface area (Å²) in [4.78, 5) is 14.4. The van der Waals surface area contributed by atoms with Gasteiger partial charge in [0.05, 0.1) is 0 Å². The molecule has 0 radical (unpaired) electrons. The van der Waals surface area contributed by atoms with Crippen LogP contribution in [0.3, 0.4) is 0 Å². The largest absolute Gasteiger partial charge is 0.368 e. The predicted octanol–water partition coefficient (Wildman–Crippen LogP) is 2.47. The molecule has 2 aliphatic rings. The van der Waals surface area contributed by atoms with Gasteiger partial charge in [-0.1, -0.05) is 30.7 Å². The summed E-state index contributed by atoms with van der Waals surface area (Å²) >= 11 is 0. The Hall–Kier alpha value is -1.39. The van der Waals surface area contributed by atoms with E-state index in [1.807, 2.05) is 0 Å². The van der Waals surface area contributed by atoms with Gasteiger partial charge in [-0.15, -0.1) is 0 Å². The van der Waals surface area contributed by atoms with Crippen LogP contribution in [0.5, 0.6) is 0 Å². The van der Waals surface area contributed by atoms with Gasteiger partial charge in [-0.05, 0) is 49.9 Å². The van der Waals surface area contributed by atoms with Crippen LogP contribution in [0, 0.1) is 0 Å². The zero-order valence-corrected chi connectivity index (χ0v) is 13.2. The second-order valence-corrected chi connectivity index (χ2v) is 6.37. The standard InChI is InChI=1S/C18H26N2O2/c21-18(17-5-4-12-22-17)19-13-15-6-8-16(9-7-15)14-20-10-2-1-3-11-20/h6-9,17H,1-5,10-14H2,(H,19,21). The van der Waals surface area contributed by atoms with E-state index >= 15 is 0 Å². The first-order chi connectivity index (χ1) is 10.8. The average molecular weight is 302 g/mol. The zero-order chi connectivity index (χ0) is 15.2.